The van der Waals surface area contributed by atoms with Crippen LogP contribution in [-0.4, -0.2) is 19.9 Å². The Hall–Kier alpha value is -7.82. The van der Waals surface area contributed by atoms with Crippen molar-refractivity contribution < 1.29 is 0 Å². The van der Waals surface area contributed by atoms with Crippen molar-refractivity contribution in [3.05, 3.63) is 218 Å². The van der Waals surface area contributed by atoms with E-state index in [1.165, 1.54) is 21.9 Å². The SMILES string of the molecule is c1ccc(-c2cc(-c3ccccc3)nc(-c3ccc(-c4cccc5c(-c6ccc(-c7nc(-c8ccccc8)cc(-c8ccccc8)n7)cc6)cccc45)cc3)n2)cc1. The molecule has 10 rings (SSSR count). The van der Waals surface area contributed by atoms with Crippen molar-refractivity contribution in [3.63, 3.8) is 0 Å². The minimum atomic E-state index is 0.698. The van der Waals surface area contributed by atoms with Gasteiger partial charge in [0.2, 0.25) is 0 Å². The molecule has 8 aromatic carbocycles. The Morgan fingerprint density at radius 1 is 0.207 bits per heavy atom. The fraction of sp³-hybridized carbons (Fsp3) is 0. The molecule has 0 aliphatic rings. The number of fused-ring (bicyclic) bond motifs is 1. The second-order valence-corrected chi connectivity index (χ2v) is 14.2. The van der Waals surface area contributed by atoms with Gasteiger partial charge in [-0.2, -0.15) is 0 Å². The van der Waals surface area contributed by atoms with Gasteiger partial charge in [0, 0.05) is 33.4 Å². The summed E-state index contributed by atoms with van der Waals surface area (Å²) in [5.41, 5.74) is 14.4. The standard InChI is InChI=1S/C54H36N4/c1-5-15-39(16-6-1)49-35-50(40-17-7-2-8-18-40)56-53(55-49)43-31-27-37(28-32-43)45-23-13-26-48-46(24-14-25-47(45)48)38-29-33-44(34-30-38)54-57-51(41-19-9-3-10-20-41)36-52(58-54)42-21-11-4-12-22-42/h1-36H. The number of benzene rings is 8. The average Bonchev–Trinajstić information content (AvgIpc) is 3.32. The third kappa shape index (κ3) is 6.95. The lowest BCUT2D eigenvalue weighted by Crippen LogP contribution is -1.96. The third-order valence-corrected chi connectivity index (χ3v) is 10.6. The van der Waals surface area contributed by atoms with Crippen molar-refractivity contribution in [1.82, 2.24) is 19.9 Å². The summed E-state index contributed by atoms with van der Waals surface area (Å²) in [6, 6.07) is 75.7. The highest BCUT2D eigenvalue weighted by atomic mass is 14.9. The Bertz CT molecular complexity index is 2680. The van der Waals surface area contributed by atoms with Gasteiger partial charge in [0.1, 0.15) is 0 Å². The van der Waals surface area contributed by atoms with Gasteiger partial charge in [-0.15, -0.1) is 0 Å². The van der Waals surface area contributed by atoms with Crippen LogP contribution in [0.5, 0.6) is 0 Å². The zero-order valence-electron chi connectivity index (χ0n) is 31.6. The van der Waals surface area contributed by atoms with Crippen molar-refractivity contribution in [1.29, 1.82) is 0 Å². The lowest BCUT2D eigenvalue weighted by molar-refractivity contribution is 1.18. The molecule has 0 unspecified atom stereocenters. The van der Waals surface area contributed by atoms with E-state index in [9.17, 15) is 0 Å². The smallest absolute Gasteiger partial charge is 0.160 e. The molecule has 0 amide bonds. The van der Waals surface area contributed by atoms with Crippen LogP contribution in [0, 0.1) is 0 Å². The van der Waals surface area contributed by atoms with E-state index in [0.717, 1.165) is 67.3 Å². The highest BCUT2D eigenvalue weighted by Gasteiger charge is 2.14. The second kappa shape index (κ2) is 15.4. The van der Waals surface area contributed by atoms with Gasteiger partial charge in [0.15, 0.2) is 11.6 Å². The first-order valence-corrected chi connectivity index (χ1v) is 19.5. The summed E-state index contributed by atoms with van der Waals surface area (Å²) in [5, 5.41) is 2.38. The molecule has 0 radical (unpaired) electrons. The van der Waals surface area contributed by atoms with E-state index < -0.39 is 0 Å². The summed E-state index contributed by atoms with van der Waals surface area (Å²) >= 11 is 0. The molecule has 272 valence electrons. The van der Waals surface area contributed by atoms with Gasteiger partial charge in [-0.25, -0.2) is 19.9 Å². The van der Waals surface area contributed by atoms with E-state index in [1.54, 1.807) is 0 Å². The Balaban J connectivity index is 0.982. The quantitative estimate of drug-likeness (QED) is 0.156. The van der Waals surface area contributed by atoms with E-state index in [1.807, 2.05) is 72.8 Å². The number of hydrogen-bond acceptors (Lipinski definition) is 4. The average molecular weight is 741 g/mol. The highest BCUT2D eigenvalue weighted by Crippen LogP contribution is 2.37. The Labute approximate surface area is 337 Å². The van der Waals surface area contributed by atoms with Crippen LogP contribution < -0.4 is 0 Å². The van der Waals surface area contributed by atoms with Crippen molar-refractivity contribution >= 4 is 10.8 Å². The first-order valence-electron chi connectivity index (χ1n) is 19.5. The molecular weight excluding hydrogens is 705 g/mol. The molecule has 4 nitrogen and oxygen atoms in total. The zero-order chi connectivity index (χ0) is 38.7. The molecule has 0 aliphatic carbocycles. The van der Waals surface area contributed by atoms with Gasteiger partial charge < -0.3 is 0 Å². The molecule has 0 aliphatic heterocycles. The topological polar surface area (TPSA) is 51.6 Å². The molecule has 0 N–H and O–H groups in total. The van der Waals surface area contributed by atoms with E-state index in [4.69, 9.17) is 19.9 Å². The molecule has 0 saturated carbocycles. The molecule has 0 spiro atoms. The van der Waals surface area contributed by atoms with Crippen LogP contribution in [0.4, 0.5) is 0 Å². The van der Waals surface area contributed by atoms with E-state index in [-0.39, 0.29) is 0 Å². The van der Waals surface area contributed by atoms with Gasteiger partial charge in [-0.1, -0.05) is 206 Å². The molecule has 0 bridgehead atoms. The molecule has 0 fully saturated rings. The van der Waals surface area contributed by atoms with Gasteiger partial charge in [0.05, 0.1) is 22.8 Å². The summed E-state index contributed by atoms with van der Waals surface area (Å²) < 4.78 is 0. The largest absolute Gasteiger partial charge is 0.228 e. The first-order chi connectivity index (χ1) is 28.7. The normalized spacial score (nSPS) is 11.1. The summed E-state index contributed by atoms with van der Waals surface area (Å²) in [6.07, 6.45) is 0. The summed E-state index contributed by atoms with van der Waals surface area (Å²) in [5.74, 6) is 1.40. The highest BCUT2D eigenvalue weighted by molar-refractivity contribution is 6.04. The number of nitrogens with zero attached hydrogens (tertiary/aromatic N) is 4. The van der Waals surface area contributed by atoms with Crippen molar-refractivity contribution in [3.8, 4) is 90.1 Å². The Morgan fingerprint density at radius 3 is 0.776 bits per heavy atom. The Morgan fingerprint density at radius 2 is 0.483 bits per heavy atom. The fourth-order valence-corrected chi connectivity index (χ4v) is 7.59. The zero-order valence-corrected chi connectivity index (χ0v) is 31.6. The Kier molecular flexibility index (Phi) is 9.18. The predicted molar refractivity (Wildman–Crippen MR) is 239 cm³/mol. The fourth-order valence-electron chi connectivity index (χ4n) is 7.59. The first kappa shape index (κ1) is 34.7. The molecule has 2 aromatic heterocycles. The van der Waals surface area contributed by atoms with Gasteiger partial charge in [-0.05, 0) is 45.2 Å². The van der Waals surface area contributed by atoms with Crippen LogP contribution in [0.1, 0.15) is 0 Å². The van der Waals surface area contributed by atoms with Gasteiger partial charge >= 0.3 is 0 Å². The van der Waals surface area contributed by atoms with Gasteiger partial charge in [0.25, 0.3) is 0 Å². The van der Waals surface area contributed by atoms with Crippen LogP contribution in [0.25, 0.3) is 101 Å². The minimum Gasteiger partial charge on any atom is -0.228 e. The van der Waals surface area contributed by atoms with Crippen LogP contribution in [0.2, 0.25) is 0 Å². The maximum absolute atomic E-state index is 5.04. The van der Waals surface area contributed by atoms with Crippen LogP contribution >= 0.6 is 0 Å². The second-order valence-electron chi connectivity index (χ2n) is 14.2. The summed E-state index contributed by atoms with van der Waals surface area (Å²) in [4.78, 5) is 20.2. The predicted octanol–water partition coefficient (Wildman–Crippen LogP) is 13.8. The maximum atomic E-state index is 5.04. The molecular formula is C54H36N4. The van der Waals surface area contributed by atoms with Crippen molar-refractivity contribution in [2.24, 2.45) is 0 Å². The minimum absolute atomic E-state index is 0.698. The molecule has 2 heterocycles. The number of aromatic nitrogens is 4. The molecule has 4 heteroatoms. The number of rotatable bonds is 8. The summed E-state index contributed by atoms with van der Waals surface area (Å²) in [7, 11) is 0. The molecule has 0 atom stereocenters. The monoisotopic (exact) mass is 740 g/mol. The lowest BCUT2D eigenvalue weighted by atomic mass is 9.92. The summed E-state index contributed by atoms with van der Waals surface area (Å²) in [6.45, 7) is 0. The number of hydrogen-bond donors (Lipinski definition) is 0. The van der Waals surface area contributed by atoms with Gasteiger partial charge in [-0.3, -0.25) is 0 Å². The third-order valence-electron chi connectivity index (χ3n) is 10.6. The lowest BCUT2D eigenvalue weighted by Gasteiger charge is -2.13. The van der Waals surface area contributed by atoms with Crippen LogP contribution in [0.15, 0.2) is 218 Å². The van der Waals surface area contributed by atoms with Crippen molar-refractivity contribution in [2.45, 2.75) is 0 Å². The van der Waals surface area contributed by atoms with Crippen LogP contribution in [0.3, 0.4) is 0 Å². The van der Waals surface area contributed by atoms with Crippen LogP contribution in [-0.2, 0) is 0 Å². The molecule has 58 heavy (non-hydrogen) atoms. The van der Waals surface area contributed by atoms with E-state index >= 15 is 0 Å². The van der Waals surface area contributed by atoms with E-state index in [2.05, 4.69) is 146 Å². The molecule has 0 saturated heterocycles. The van der Waals surface area contributed by atoms with Crippen molar-refractivity contribution in [2.75, 3.05) is 0 Å². The molecule has 10 aromatic rings. The van der Waals surface area contributed by atoms with E-state index in [0.29, 0.717) is 11.6 Å². The maximum Gasteiger partial charge on any atom is 0.160 e.